The van der Waals surface area contributed by atoms with Gasteiger partial charge >= 0.3 is 0 Å². The smallest absolute Gasteiger partial charge is 0.278 e. The summed E-state index contributed by atoms with van der Waals surface area (Å²) in [5.74, 6) is 1.06. The Bertz CT molecular complexity index is 1060. The number of methoxy groups -OCH3 is 3. The molecule has 3 rings (SSSR count). The monoisotopic (exact) mass is 452 g/mol. The number of carbonyl (C=O) groups is 2. The third-order valence-electron chi connectivity index (χ3n) is 4.93. The van der Waals surface area contributed by atoms with Crippen LogP contribution in [-0.2, 0) is 9.59 Å². The van der Waals surface area contributed by atoms with Crippen LogP contribution in [0.2, 0.25) is 0 Å². The van der Waals surface area contributed by atoms with E-state index in [1.807, 2.05) is 13.8 Å². The van der Waals surface area contributed by atoms with E-state index in [9.17, 15) is 9.59 Å². The Morgan fingerprint density at radius 1 is 0.970 bits per heavy atom. The van der Waals surface area contributed by atoms with Crippen molar-refractivity contribution in [2.45, 2.75) is 20.0 Å². The highest BCUT2D eigenvalue weighted by Crippen LogP contribution is 2.41. The number of carbonyl (C=O) groups excluding carboxylic acids is 2. The number of anilines is 1. The third-order valence-corrected chi connectivity index (χ3v) is 4.93. The number of hydrogen-bond donors (Lipinski definition) is 1. The van der Waals surface area contributed by atoms with Crippen LogP contribution >= 0.6 is 0 Å². The van der Waals surface area contributed by atoms with Gasteiger partial charge in [-0.05, 0) is 31.5 Å². The molecule has 1 heterocycles. The number of rotatable bonds is 10. The first-order valence-corrected chi connectivity index (χ1v) is 10.4. The summed E-state index contributed by atoms with van der Waals surface area (Å²) in [7, 11) is 4.51. The van der Waals surface area contributed by atoms with Gasteiger partial charge < -0.3 is 24.3 Å². The Balaban J connectivity index is 2.08. The van der Waals surface area contributed by atoms with Crippen LogP contribution in [0.4, 0.5) is 5.69 Å². The van der Waals surface area contributed by atoms with Crippen LogP contribution in [0.3, 0.4) is 0 Å². The van der Waals surface area contributed by atoms with Gasteiger partial charge in [-0.25, -0.2) is 0 Å². The van der Waals surface area contributed by atoms with Gasteiger partial charge in [0.2, 0.25) is 5.75 Å². The summed E-state index contributed by atoms with van der Waals surface area (Å²) >= 11 is 0. The maximum atomic E-state index is 13.2. The third kappa shape index (κ3) is 4.79. The molecule has 2 aromatic rings. The summed E-state index contributed by atoms with van der Waals surface area (Å²) in [5.41, 5.74) is 1.49. The molecular formula is C25H28N2O6. The highest BCUT2D eigenvalue weighted by atomic mass is 16.5. The predicted octanol–water partition coefficient (Wildman–Crippen LogP) is 3.88. The lowest BCUT2D eigenvalue weighted by Crippen LogP contribution is -2.32. The van der Waals surface area contributed by atoms with Crippen LogP contribution in [0.5, 0.6) is 23.0 Å². The lowest BCUT2D eigenvalue weighted by atomic mass is 10.0. The summed E-state index contributed by atoms with van der Waals surface area (Å²) in [6, 6.07) is 10.4. The topological polar surface area (TPSA) is 86.3 Å². The van der Waals surface area contributed by atoms with Crippen LogP contribution in [0, 0.1) is 0 Å². The molecule has 0 saturated carbocycles. The van der Waals surface area contributed by atoms with E-state index >= 15 is 0 Å². The molecule has 8 nitrogen and oxygen atoms in total. The van der Waals surface area contributed by atoms with Crippen molar-refractivity contribution >= 4 is 23.1 Å². The van der Waals surface area contributed by atoms with Crippen LogP contribution < -0.4 is 24.3 Å². The van der Waals surface area contributed by atoms with Crippen LogP contribution in [0.1, 0.15) is 19.4 Å². The van der Waals surface area contributed by atoms with Crippen molar-refractivity contribution in [2.24, 2.45) is 0 Å². The van der Waals surface area contributed by atoms with Gasteiger partial charge in [-0.3, -0.25) is 14.5 Å². The van der Waals surface area contributed by atoms with E-state index in [4.69, 9.17) is 18.9 Å². The molecule has 1 N–H and O–H groups in total. The molecule has 0 saturated heterocycles. The highest BCUT2D eigenvalue weighted by Gasteiger charge is 2.38. The molecule has 0 unspecified atom stereocenters. The van der Waals surface area contributed by atoms with E-state index in [-0.39, 0.29) is 23.9 Å². The molecular weight excluding hydrogens is 424 g/mol. The number of benzene rings is 2. The minimum atomic E-state index is -0.453. The van der Waals surface area contributed by atoms with Gasteiger partial charge in [0.15, 0.2) is 11.5 Å². The first kappa shape index (κ1) is 23.7. The number of nitrogens with zero attached hydrogens (tertiary/aromatic N) is 1. The van der Waals surface area contributed by atoms with Crippen LogP contribution in [-0.4, -0.2) is 50.7 Å². The van der Waals surface area contributed by atoms with E-state index < -0.39 is 11.8 Å². The second-order valence-electron chi connectivity index (χ2n) is 7.49. The molecule has 2 amide bonds. The van der Waals surface area contributed by atoms with Gasteiger partial charge in [0.05, 0.1) is 33.0 Å². The number of imide groups is 1. The molecule has 0 bridgehead atoms. The summed E-state index contributed by atoms with van der Waals surface area (Å²) in [4.78, 5) is 27.5. The largest absolute Gasteiger partial charge is 0.493 e. The van der Waals surface area contributed by atoms with E-state index in [1.54, 1.807) is 36.4 Å². The quantitative estimate of drug-likeness (QED) is 0.432. The second-order valence-corrected chi connectivity index (χ2v) is 7.49. The molecule has 0 aliphatic carbocycles. The Morgan fingerprint density at radius 2 is 1.58 bits per heavy atom. The Morgan fingerprint density at radius 3 is 2.06 bits per heavy atom. The zero-order valence-electron chi connectivity index (χ0n) is 19.4. The van der Waals surface area contributed by atoms with Crippen molar-refractivity contribution in [3.8, 4) is 23.0 Å². The molecule has 0 aromatic heterocycles. The van der Waals surface area contributed by atoms with Crippen LogP contribution in [0.25, 0.3) is 5.57 Å². The fourth-order valence-electron chi connectivity index (χ4n) is 3.52. The van der Waals surface area contributed by atoms with Gasteiger partial charge in [-0.2, -0.15) is 0 Å². The van der Waals surface area contributed by atoms with E-state index in [0.29, 0.717) is 34.2 Å². The summed E-state index contributed by atoms with van der Waals surface area (Å²) in [6.07, 6.45) is 1.53. The Labute approximate surface area is 193 Å². The fourth-order valence-corrected chi connectivity index (χ4v) is 3.52. The average molecular weight is 453 g/mol. The van der Waals surface area contributed by atoms with Gasteiger partial charge in [0, 0.05) is 24.4 Å². The first-order valence-electron chi connectivity index (χ1n) is 10.4. The van der Waals surface area contributed by atoms with Crippen molar-refractivity contribution in [2.75, 3.05) is 33.2 Å². The van der Waals surface area contributed by atoms with Crippen molar-refractivity contribution in [1.82, 2.24) is 4.90 Å². The van der Waals surface area contributed by atoms with Crippen molar-refractivity contribution in [3.05, 3.63) is 60.3 Å². The lowest BCUT2D eigenvalue weighted by Gasteiger charge is -2.16. The number of nitrogens with one attached hydrogen (secondary N) is 1. The highest BCUT2D eigenvalue weighted by molar-refractivity contribution is 6.36. The molecule has 0 atom stereocenters. The lowest BCUT2D eigenvalue weighted by molar-refractivity contribution is -0.136. The number of ether oxygens (including phenoxy) is 4. The maximum Gasteiger partial charge on any atom is 0.278 e. The normalized spacial score (nSPS) is 13.5. The molecule has 0 spiro atoms. The maximum absolute atomic E-state index is 13.2. The van der Waals surface area contributed by atoms with Gasteiger partial charge in [0.1, 0.15) is 11.4 Å². The average Bonchev–Trinajstić information content (AvgIpc) is 3.03. The standard InChI is InChI=1S/C25H28N2O6/c1-7-12-27-24(28)21(16-8-10-18(11-9-16)33-15(2)3)22(25(27)29)26-17-13-19(30-4)23(32-6)20(14-17)31-5/h7-11,13-15,26H,1,12H2,2-6H3. The van der Waals surface area contributed by atoms with Crippen molar-refractivity contribution in [1.29, 1.82) is 0 Å². The SMILES string of the molecule is C=CCN1C(=O)C(Nc2cc(OC)c(OC)c(OC)c2)=C(c2ccc(OC(C)C)cc2)C1=O. The van der Waals surface area contributed by atoms with Crippen LogP contribution in [0.15, 0.2) is 54.8 Å². The zero-order chi connectivity index (χ0) is 24.1. The minimum absolute atomic E-state index is 0.0186. The van der Waals surface area contributed by atoms with E-state index in [0.717, 1.165) is 4.90 Å². The summed E-state index contributed by atoms with van der Waals surface area (Å²) < 4.78 is 21.8. The van der Waals surface area contributed by atoms with E-state index in [2.05, 4.69) is 11.9 Å². The Kier molecular flexibility index (Phi) is 7.27. The minimum Gasteiger partial charge on any atom is -0.493 e. The van der Waals surface area contributed by atoms with Crippen molar-refractivity contribution < 1.29 is 28.5 Å². The fraction of sp³-hybridized carbons (Fsp3) is 0.280. The summed E-state index contributed by atoms with van der Waals surface area (Å²) in [6.45, 7) is 7.61. The molecule has 174 valence electrons. The zero-order valence-corrected chi connectivity index (χ0v) is 19.4. The van der Waals surface area contributed by atoms with E-state index in [1.165, 1.54) is 27.4 Å². The number of hydrogen-bond acceptors (Lipinski definition) is 7. The first-order chi connectivity index (χ1) is 15.8. The Hall–Kier alpha value is -3.94. The van der Waals surface area contributed by atoms with Gasteiger partial charge in [0.25, 0.3) is 11.8 Å². The van der Waals surface area contributed by atoms with Gasteiger partial charge in [-0.1, -0.05) is 18.2 Å². The van der Waals surface area contributed by atoms with Gasteiger partial charge in [-0.15, -0.1) is 6.58 Å². The molecule has 1 aliphatic heterocycles. The molecule has 0 fully saturated rings. The number of amides is 2. The molecule has 33 heavy (non-hydrogen) atoms. The molecule has 1 aliphatic rings. The molecule has 0 radical (unpaired) electrons. The molecule has 2 aromatic carbocycles. The second kappa shape index (κ2) is 10.1. The molecule has 8 heteroatoms. The predicted molar refractivity (Wildman–Crippen MR) is 126 cm³/mol. The van der Waals surface area contributed by atoms with Crippen molar-refractivity contribution in [3.63, 3.8) is 0 Å². The summed E-state index contributed by atoms with van der Waals surface area (Å²) in [5, 5.41) is 3.09.